The van der Waals surface area contributed by atoms with Crippen molar-refractivity contribution in [2.45, 2.75) is 51.3 Å². The van der Waals surface area contributed by atoms with Crippen molar-refractivity contribution in [1.29, 1.82) is 0 Å². The topological polar surface area (TPSA) is 106 Å². The second kappa shape index (κ2) is 8.41. The minimum absolute atomic E-state index is 0.156. The Balaban J connectivity index is 1.58. The number of rotatable bonds is 7. The van der Waals surface area contributed by atoms with E-state index in [1.807, 2.05) is 40.0 Å². The molecule has 0 radical (unpaired) electrons. The summed E-state index contributed by atoms with van der Waals surface area (Å²) in [5.41, 5.74) is 7.78. The lowest BCUT2D eigenvalue weighted by Crippen LogP contribution is -2.09. The second-order valence-corrected chi connectivity index (χ2v) is 11.7. The third-order valence-electron chi connectivity index (χ3n) is 6.68. The Morgan fingerprint density at radius 3 is 2.51 bits per heavy atom. The number of hydrogen-bond acceptors (Lipinski definition) is 7. The van der Waals surface area contributed by atoms with E-state index in [1.165, 1.54) is 6.26 Å². The Hall–Kier alpha value is -3.33. The van der Waals surface area contributed by atoms with Crippen LogP contribution in [0.15, 0.2) is 34.2 Å². The Kier molecular flexibility index (Phi) is 5.62. The molecule has 0 saturated heterocycles. The lowest BCUT2D eigenvalue weighted by atomic mass is 10.0. The van der Waals surface area contributed by atoms with E-state index in [-0.39, 0.29) is 23.0 Å². The largest absolute Gasteiger partial charge is 0.353 e. The number of aliphatic imine (C=N–C) groups is 1. The molecule has 1 fully saturated rings. The van der Waals surface area contributed by atoms with Crippen LogP contribution in [0.1, 0.15) is 42.5 Å². The van der Waals surface area contributed by atoms with Crippen molar-refractivity contribution in [2.75, 3.05) is 11.6 Å². The maximum Gasteiger partial charge on any atom is 0.177 e. The summed E-state index contributed by atoms with van der Waals surface area (Å²) in [4.78, 5) is 22.0. The minimum Gasteiger partial charge on any atom is -0.353 e. The van der Waals surface area contributed by atoms with Crippen molar-refractivity contribution in [2.24, 2.45) is 18.0 Å². The van der Waals surface area contributed by atoms with Gasteiger partial charge in [-0.1, -0.05) is 6.07 Å². The first kappa shape index (κ1) is 23.4. The molecule has 182 valence electrons. The molecule has 1 aromatic carbocycles. The van der Waals surface area contributed by atoms with E-state index < -0.39 is 9.84 Å². The number of aromatic nitrogens is 3. The lowest BCUT2D eigenvalue weighted by Gasteiger charge is -2.16. The number of Topliss-reactive ketones (excluding diaryl/α,β-unsaturated/α-hetero) is 1. The molecule has 0 spiro atoms. The molecule has 0 amide bonds. The van der Waals surface area contributed by atoms with E-state index in [0.29, 0.717) is 29.2 Å². The SMILES string of the molecule is CC1=Nc2c(Nc3ccc(-c4c(C)nn(C)c4C)cc3S(C)(=O)=O)cc(CC(=O)C3CC3)nc2C1. The smallest absolute Gasteiger partial charge is 0.177 e. The van der Waals surface area contributed by atoms with Gasteiger partial charge >= 0.3 is 0 Å². The molecule has 1 aliphatic carbocycles. The molecular weight excluding hydrogens is 462 g/mol. The fourth-order valence-corrected chi connectivity index (χ4v) is 5.57. The van der Waals surface area contributed by atoms with Crippen LogP contribution in [-0.2, 0) is 34.5 Å². The number of carbonyl (C=O) groups excluding carboxylic acids is 1. The standard InChI is InChI=1S/C26H29N5O3S/c1-14-10-21-26(27-14)22(12-19(28-21)13-23(32)17-6-7-17)29-20-9-8-18(11-24(20)35(5,33)34)25-15(2)30-31(4)16(25)3/h8-9,11-12,17H,6-7,10,13H2,1-5H3,(H,28,29). The molecule has 9 heteroatoms. The molecule has 3 aromatic rings. The van der Waals surface area contributed by atoms with E-state index in [2.05, 4.69) is 15.4 Å². The normalized spacial score (nSPS) is 15.2. The summed E-state index contributed by atoms with van der Waals surface area (Å²) in [6.07, 6.45) is 4.02. The lowest BCUT2D eigenvalue weighted by molar-refractivity contribution is -0.119. The Labute approximate surface area is 205 Å². The molecule has 5 rings (SSSR count). The predicted octanol–water partition coefficient (Wildman–Crippen LogP) is 4.42. The maximum atomic E-state index is 12.8. The Morgan fingerprint density at radius 2 is 1.89 bits per heavy atom. The number of carbonyl (C=O) groups is 1. The van der Waals surface area contributed by atoms with Gasteiger partial charge < -0.3 is 5.32 Å². The second-order valence-electron chi connectivity index (χ2n) is 9.68. The number of hydrogen-bond donors (Lipinski definition) is 1. The van der Waals surface area contributed by atoms with E-state index in [4.69, 9.17) is 4.98 Å². The number of sulfone groups is 1. The molecule has 2 aromatic heterocycles. The van der Waals surface area contributed by atoms with Gasteiger partial charge in [0.15, 0.2) is 9.84 Å². The number of anilines is 2. The quantitative estimate of drug-likeness (QED) is 0.525. The average molecular weight is 492 g/mol. The van der Waals surface area contributed by atoms with Crippen molar-refractivity contribution < 1.29 is 13.2 Å². The third kappa shape index (κ3) is 4.52. The number of nitrogens with zero attached hydrogens (tertiary/aromatic N) is 4. The van der Waals surface area contributed by atoms with Gasteiger partial charge in [-0.2, -0.15) is 5.10 Å². The fraction of sp³-hybridized carbons (Fsp3) is 0.385. The molecule has 0 bridgehead atoms. The van der Waals surface area contributed by atoms with Gasteiger partial charge in [0.2, 0.25) is 0 Å². The summed E-state index contributed by atoms with van der Waals surface area (Å²) >= 11 is 0. The molecule has 0 unspecified atom stereocenters. The number of aryl methyl sites for hydroxylation is 2. The van der Waals surface area contributed by atoms with Crippen LogP contribution in [-0.4, -0.2) is 40.9 Å². The average Bonchev–Trinajstić information content (AvgIpc) is 3.50. The van der Waals surface area contributed by atoms with Crippen LogP contribution in [0.4, 0.5) is 17.1 Å². The highest BCUT2D eigenvalue weighted by Gasteiger charge is 2.30. The van der Waals surface area contributed by atoms with Gasteiger partial charge in [0, 0.05) is 49.0 Å². The summed E-state index contributed by atoms with van der Waals surface area (Å²) in [5, 5.41) is 7.78. The number of pyridine rings is 1. The Bertz CT molecular complexity index is 1510. The van der Waals surface area contributed by atoms with Gasteiger partial charge in [0.1, 0.15) is 11.5 Å². The minimum atomic E-state index is -3.56. The van der Waals surface area contributed by atoms with Crippen molar-refractivity contribution in [3.63, 3.8) is 0 Å². The highest BCUT2D eigenvalue weighted by atomic mass is 32.2. The summed E-state index contributed by atoms with van der Waals surface area (Å²) in [6, 6.07) is 7.21. The van der Waals surface area contributed by atoms with Crippen LogP contribution in [0.25, 0.3) is 11.1 Å². The zero-order valence-corrected chi connectivity index (χ0v) is 21.5. The van der Waals surface area contributed by atoms with Crippen molar-refractivity contribution in [3.8, 4) is 11.1 Å². The van der Waals surface area contributed by atoms with Crippen LogP contribution in [0.2, 0.25) is 0 Å². The van der Waals surface area contributed by atoms with E-state index in [0.717, 1.165) is 46.8 Å². The number of ketones is 1. The van der Waals surface area contributed by atoms with E-state index >= 15 is 0 Å². The van der Waals surface area contributed by atoms with Crippen LogP contribution >= 0.6 is 0 Å². The highest BCUT2D eigenvalue weighted by molar-refractivity contribution is 7.90. The highest BCUT2D eigenvalue weighted by Crippen LogP contribution is 2.39. The van der Waals surface area contributed by atoms with Gasteiger partial charge in [0.05, 0.1) is 33.4 Å². The van der Waals surface area contributed by atoms with Crippen LogP contribution < -0.4 is 5.32 Å². The first-order valence-electron chi connectivity index (χ1n) is 11.7. The molecule has 1 saturated carbocycles. The van der Waals surface area contributed by atoms with Gasteiger partial charge in [-0.15, -0.1) is 0 Å². The summed E-state index contributed by atoms with van der Waals surface area (Å²) in [7, 11) is -1.68. The molecule has 8 nitrogen and oxygen atoms in total. The molecule has 2 aliphatic rings. The predicted molar refractivity (Wildman–Crippen MR) is 137 cm³/mol. The maximum absolute atomic E-state index is 12.8. The molecule has 3 heterocycles. The van der Waals surface area contributed by atoms with E-state index in [1.54, 1.807) is 16.8 Å². The van der Waals surface area contributed by atoms with Gasteiger partial charge in [-0.3, -0.25) is 19.5 Å². The third-order valence-corrected chi connectivity index (χ3v) is 7.82. The number of nitrogens with one attached hydrogen (secondary N) is 1. The number of fused-ring (bicyclic) bond motifs is 1. The molecule has 35 heavy (non-hydrogen) atoms. The van der Waals surface area contributed by atoms with Gasteiger partial charge in [-0.25, -0.2) is 8.42 Å². The first-order chi connectivity index (χ1) is 16.5. The molecule has 1 aliphatic heterocycles. The zero-order valence-electron chi connectivity index (χ0n) is 20.6. The van der Waals surface area contributed by atoms with Gasteiger partial charge in [0.25, 0.3) is 0 Å². The fourth-order valence-electron chi connectivity index (χ4n) is 4.71. The Morgan fingerprint density at radius 1 is 1.14 bits per heavy atom. The molecule has 1 N–H and O–H groups in total. The van der Waals surface area contributed by atoms with Gasteiger partial charge in [-0.05, 0) is 57.4 Å². The van der Waals surface area contributed by atoms with E-state index in [9.17, 15) is 13.2 Å². The number of benzene rings is 1. The van der Waals surface area contributed by atoms with Crippen molar-refractivity contribution in [1.82, 2.24) is 14.8 Å². The van der Waals surface area contributed by atoms with Crippen LogP contribution in [0.5, 0.6) is 0 Å². The first-order valence-corrected chi connectivity index (χ1v) is 13.6. The molecular formula is C26H29N5O3S. The van der Waals surface area contributed by atoms with Crippen LogP contribution in [0, 0.1) is 19.8 Å². The summed E-state index contributed by atoms with van der Waals surface area (Å²) < 4.78 is 27.5. The van der Waals surface area contributed by atoms with Crippen molar-refractivity contribution in [3.05, 3.63) is 47.0 Å². The zero-order chi connectivity index (χ0) is 25.1. The summed E-state index contributed by atoms with van der Waals surface area (Å²) in [6.45, 7) is 5.82. The van der Waals surface area contributed by atoms with Crippen molar-refractivity contribution >= 4 is 38.4 Å². The molecule has 0 atom stereocenters. The van der Waals surface area contributed by atoms with Crippen LogP contribution in [0.3, 0.4) is 0 Å². The monoisotopic (exact) mass is 491 g/mol. The summed E-state index contributed by atoms with van der Waals surface area (Å²) in [5.74, 6) is 0.366.